The molecule has 2 saturated carbocycles. The maximum atomic E-state index is 12.8. The monoisotopic (exact) mass is 434 g/mol. The Labute approximate surface area is 172 Å². The number of amides is 2. The predicted octanol–water partition coefficient (Wildman–Crippen LogP) is 4.32. The molecule has 1 aliphatic heterocycles. The first-order chi connectivity index (χ1) is 12.1. The van der Waals surface area contributed by atoms with Crippen molar-refractivity contribution in [2.75, 3.05) is 23.4 Å². The quantitative estimate of drug-likeness (QED) is 0.663. The zero-order valence-electron chi connectivity index (χ0n) is 14.1. The smallest absolute Gasteiger partial charge is 0.233 e. The largest absolute Gasteiger partial charge is 0.315 e. The van der Waals surface area contributed by atoms with E-state index in [1.54, 1.807) is 16.8 Å². The van der Waals surface area contributed by atoms with Gasteiger partial charge < -0.3 is 9.80 Å². The molecule has 0 aromatic heterocycles. The van der Waals surface area contributed by atoms with Gasteiger partial charge in [0, 0.05) is 25.0 Å². The molecule has 0 saturated heterocycles. The van der Waals surface area contributed by atoms with Crippen LogP contribution < -0.4 is 9.80 Å². The van der Waals surface area contributed by atoms with Gasteiger partial charge in [0.1, 0.15) is 8.67 Å². The van der Waals surface area contributed by atoms with E-state index in [0.717, 1.165) is 29.8 Å². The second-order valence-corrected chi connectivity index (χ2v) is 10.4. The normalized spacial score (nSPS) is 27.5. The molecule has 26 heavy (non-hydrogen) atoms. The highest BCUT2D eigenvalue weighted by molar-refractivity contribution is 6.53. The van der Waals surface area contributed by atoms with Crippen molar-refractivity contribution in [1.29, 1.82) is 0 Å². The number of carbonyl (C=O) groups excluding carboxylic acids is 2. The van der Waals surface area contributed by atoms with Crippen molar-refractivity contribution in [3.8, 4) is 0 Å². The Hall–Kier alpha value is -0.680. The van der Waals surface area contributed by atoms with E-state index in [4.69, 9.17) is 46.4 Å². The summed E-state index contributed by atoms with van der Waals surface area (Å²) in [4.78, 5) is 28.8. The molecule has 0 N–H and O–H groups in total. The Morgan fingerprint density at radius 2 is 1.73 bits per heavy atom. The number of hydrogen-bond acceptors (Lipinski definition) is 2. The van der Waals surface area contributed by atoms with Gasteiger partial charge in [0.25, 0.3) is 0 Å². The van der Waals surface area contributed by atoms with Crippen LogP contribution in [-0.2, 0) is 16.0 Å². The summed E-state index contributed by atoms with van der Waals surface area (Å²) in [6.45, 7) is 0.627. The fraction of sp³-hybridized carbons (Fsp3) is 0.556. The Morgan fingerprint density at radius 1 is 1.12 bits per heavy atom. The Balaban J connectivity index is 1.62. The summed E-state index contributed by atoms with van der Waals surface area (Å²) in [6.07, 6.45) is 2.56. The summed E-state index contributed by atoms with van der Waals surface area (Å²) >= 11 is 24.3. The van der Waals surface area contributed by atoms with Crippen LogP contribution in [0.2, 0.25) is 0 Å². The number of nitrogens with zero attached hydrogens (tertiary/aromatic N) is 2. The minimum absolute atomic E-state index is 0.0511. The number of halogens is 4. The molecule has 1 heterocycles. The highest BCUT2D eigenvalue weighted by atomic mass is 35.5. The van der Waals surface area contributed by atoms with E-state index in [1.165, 1.54) is 0 Å². The molecule has 140 valence electrons. The second-order valence-electron chi connectivity index (χ2n) is 7.30. The molecule has 4 rings (SSSR count). The van der Waals surface area contributed by atoms with Crippen LogP contribution in [-0.4, -0.2) is 34.1 Å². The van der Waals surface area contributed by atoms with Crippen molar-refractivity contribution in [1.82, 2.24) is 0 Å². The van der Waals surface area contributed by atoms with Crippen molar-refractivity contribution in [2.45, 2.75) is 34.3 Å². The molecule has 3 aliphatic rings. The third-order valence-electron chi connectivity index (χ3n) is 5.43. The summed E-state index contributed by atoms with van der Waals surface area (Å²) < 4.78 is -1.91. The van der Waals surface area contributed by atoms with Crippen LogP contribution in [0.5, 0.6) is 0 Å². The molecule has 0 bridgehead atoms. The summed E-state index contributed by atoms with van der Waals surface area (Å²) in [6, 6.07) is 5.65. The number of fused-ring (bicyclic) bond motifs is 1. The van der Waals surface area contributed by atoms with Gasteiger partial charge in [-0.15, -0.1) is 46.4 Å². The standard InChI is InChI=1S/C18H18Cl4N2O2/c1-23(15(25)11-8-17(11,19)20)13-5-2-6-14-10(13)4-3-7-24(14)16(26)12-9-18(12,21)22/h2,5-6,11-12H,3-4,7-9H2,1H3/t11-,12-/m1/s1. The number of benzene rings is 1. The first-order valence-corrected chi connectivity index (χ1v) is 10.1. The van der Waals surface area contributed by atoms with Gasteiger partial charge >= 0.3 is 0 Å². The lowest BCUT2D eigenvalue weighted by Crippen LogP contribution is -2.38. The van der Waals surface area contributed by atoms with Gasteiger partial charge in [-0.25, -0.2) is 0 Å². The molecule has 4 nitrogen and oxygen atoms in total. The first-order valence-electron chi connectivity index (χ1n) is 8.60. The van der Waals surface area contributed by atoms with Crippen molar-refractivity contribution in [2.24, 2.45) is 11.8 Å². The first kappa shape index (κ1) is 18.7. The van der Waals surface area contributed by atoms with Gasteiger partial charge in [-0.05, 0) is 43.4 Å². The molecular formula is C18H18Cl4N2O2. The minimum Gasteiger partial charge on any atom is -0.315 e. The van der Waals surface area contributed by atoms with E-state index < -0.39 is 8.67 Å². The van der Waals surface area contributed by atoms with E-state index in [9.17, 15) is 9.59 Å². The summed E-state index contributed by atoms with van der Waals surface area (Å²) in [5.41, 5.74) is 2.60. The third kappa shape index (κ3) is 3.09. The Morgan fingerprint density at radius 3 is 2.31 bits per heavy atom. The topological polar surface area (TPSA) is 40.6 Å². The summed E-state index contributed by atoms with van der Waals surface area (Å²) in [5, 5.41) is 0. The van der Waals surface area contributed by atoms with Crippen molar-refractivity contribution in [3.05, 3.63) is 23.8 Å². The van der Waals surface area contributed by atoms with Gasteiger partial charge in [0.05, 0.1) is 11.8 Å². The maximum Gasteiger partial charge on any atom is 0.233 e. The average molecular weight is 436 g/mol. The van der Waals surface area contributed by atoms with Gasteiger partial charge in [0.15, 0.2) is 0 Å². The van der Waals surface area contributed by atoms with Crippen molar-refractivity contribution >= 4 is 69.6 Å². The Kier molecular flexibility index (Phi) is 4.43. The zero-order chi connectivity index (χ0) is 18.9. The molecule has 8 heteroatoms. The number of rotatable bonds is 3. The molecule has 0 spiro atoms. The van der Waals surface area contributed by atoms with Gasteiger partial charge in [0.2, 0.25) is 11.8 Å². The second kappa shape index (κ2) is 6.16. The number of anilines is 2. The molecule has 2 fully saturated rings. The highest BCUT2D eigenvalue weighted by Crippen LogP contribution is 2.55. The maximum absolute atomic E-state index is 12.8. The van der Waals surface area contributed by atoms with Crippen molar-refractivity contribution < 1.29 is 9.59 Å². The third-order valence-corrected chi connectivity index (χ3v) is 7.10. The molecular weight excluding hydrogens is 418 g/mol. The molecule has 2 atom stereocenters. The van der Waals surface area contributed by atoms with E-state index in [-0.39, 0.29) is 23.7 Å². The van der Waals surface area contributed by atoms with Crippen molar-refractivity contribution in [3.63, 3.8) is 0 Å². The molecule has 2 amide bonds. The van der Waals surface area contributed by atoms with E-state index in [2.05, 4.69) is 0 Å². The van der Waals surface area contributed by atoms with Gasteiger partial charge in [-0.1, -0.05) is 6.07 Å². The van der Waals surface area contributed by atoms with Crippen LogP contribution in [0.4, 0.5) is 11.4 Å². The fourth-order valence-electron chi connectivity index (χ4n) is 3.65. The summed E-state index contributed by atoms with van der Waals surface area (Å²) in [7, 11) is 1.73. The lowest BCUT2D eigenvalue weighted by Gasteiger charge is -2.33. The van der Waals surface area contributed by atoms with Crippen LogP contribution in [0.25, 0.3) is 0 Å². The van der Waals surface area contributed by atoms with Gasteiger partial charge in [-0.3, -0.25) is 9.59 Å². The predicted molar refractivity (Wildman–Crippen MR) is 106 cm³/mol. The van der Waals surface area contributed by atoms with E-state index in [1.807, 2.05) is 18.2 Å². The number of alkyl halides is 4. The number of hydrogen-bond donors (Lipinski definition) is 0. The van der Waals surface area contributed by atoms with Crippen LogP contribution in [0.15, 0.2) is 18.2 Å². The van der Waals surface area contributed by atoms with Crippen LogP contribution in [0.3, 0.4) is 0 Å². The molecule has 1 aromatic carbocycles. The van der Waals surface area contributed by atoms with E-state index >= 15 is 0 Å². The molecule has 2 aliphatic carbocycles. The summed E-state index contributed by atoms with van der Waals surface area (Å²) in [5.74, 6) is -0.897. The highest BCUT2D eigenvalue weighted by Gasteiger charge is 2.58. The SMILES string of the molecule is CN(C(=O)[C@H]1CC1(Cl)Cl)c1cccc2c1CCCN2C(=O)[C@H]1CC1(Cl)Cl. The van der Waals surface area contributed by atoms with Crippen LogP contribution in [0, 0.1) is 11.8 Å². The molecule has 0 radical (unpaired) electrons. The van der Waals surface area contributed by atoms with E-state index in [0.29, 0.717) is 19.4 Å². The lowest BCUT2D eigenvalue weighted by atomic mass is 9.98. The molecule has 0 unspecified atom stereocenters. The van der Waals surface area contributed by atoms with Crippen LogP contribution >= 0.6 is 46.4 Å². The minimum atomic E-state index is -0.960. The fourth-order valence-corrected chi connectivity index (χ4v) is 4.64. The zero-order valence-corrected chi connectivity index (χ0v) is 17.2. The Bertz CT molecular complexity index is 781. The van der Waals surface area contributed by atoms with Gasteiger partial charge in [-0.2, -0.15) is 0 Å². The molecule has 1 aromatic rings. The van der Waals surface area contributed by atoms with Crippen LogP contribution in [0.1, 0.15) is 24.8 Å². The average Bonchev–Trinajstić information content (AvgIpc) is 3.45. The lowest BCUT2D eigenvalue weighted by molar-refractivity contribution is -0.120. The number of carbonyl (C=O) groups is 2.